The normalized spacial score (nSPS) is 11.4. The molecule has 0 aliphatic rings. The third kappa shape index (κ3) is 4.67. The van der Waals surface area contributed by atoms with Gasteiger partial charge >= 0.3 is 0 Å². The van der Waals surface area contributed by atoms with Gasteiger partial charge in [0.25, 0.3) is 17.4 Å². The van der Waals surface area contributed by atoms with Crippen LogP contribution in [0.1, 0.15) is 30.0 Å². The number of amides is 2. The fraction of sp³-hybridized carbons (Fsp3) is 0.353. The molecule has 0 unspecified atom stereocenters. The quantitative estimate of drug-likeness (QED) is 0.629. The van der Waals surface area contributed by atoms with Crippen molar-refractivity contribution >= 4 is 21.8 Å². The fourth-order valence-electron chi connectivity index (χ4n) is 2.51. The molecule has 2 heterocycles. The Morgan fingerprint density at radius 3 is 2.39 bits per heavy atom. The van der Waals surface area contributed by atoms with Crippen LogP contribution in [-0.2, 0) is 21.4 Å². The maximum absolute atomic E-state index is 12.6. The van der Waals surface area contributed by atoms with Crippen LogP contribution in [0.15, 0.2) is 44.8 Å². The number of hydrazine groups is 1. The molecule has 2 N–H and O–H groups in total. The van der Waals surface area contributed by atoms with E-state index in [0.717, 1.165) is 16.8 Å². The van der Waals surface area contributed by atoms with Gasteiger partial charge in [0.1, 0.15) is 12.3 Å². The maximum Gasteiger partial charge on any atom is 0.273 e. The molecule has 2 rings (SSSR count). The van der Waals surface area contributed by atoms with Gasteiger partial charge in [-0.2, -0.15) is 4.31 Å². The van der Waals surface area contributed by atoms with Crippen molar-refractivity contribution in [2.75, 3.05) is 13.1 Å². The van der Waals surface area contributed by atoms with Crippen molar-refractivity contribution in [3.8, 4) is 0 Å². The van der Waals surface area contributed by atoms with E-state index < -0.39 is 33.9 Å². The van der Waals surface area contributed by atoms with Crippen LogP contribution < -0.4 is 16.4 Å². The second-order valence-corrected chi connectivity index (χ2v) is 7.75. The van der Waals surface area contributed by atoms with Crippen molar-refractivity contribution in [3.05, 3.63) is 52.3 Å². The highest BCUT2D eigenvalue weighted by atomic mass is 32.2. The minimum Gasteiger partial charge on any atom is -0.469 e. The molecule has 0 aliphatic carbocycles. The van der Waals surface area contributed by atoms with Gasteiger partial charge in [0.2, 0.25) is 10.0 Å². The Kier molecular flexibility index (Phi) is 6.75. The lowest BCUT2D eigenvalue weighted by atomic mass is 10.2. The van der Waals surface area contributed by atoms with Gasteiger partial charge in [-0.05, 0) is 19.1 Å². The van der Waals surface area contributed by atoms with E-state index in [1.54, 1.807) is 20.8 Å². The molecule has 0 atom stereocenters. The Balaban J connectivity index is 2.11. The number of nitrogens with one attached hydrogen (secondary N) is 2. The van der Waals surface area contributed by atoms with Gasteiger partial charge in [-0.15, -0.1) is 0 Å². The van der Waals surface area contributed by atoms with Crippen molar-refractivity contribution in [2.24, 2.45) is 0 Å². The van der Waals surface area contributed by atoms with Crippen LogP contribution in [0.4, 0.5) is 0 Å². The molecule has 0 fully saturated rings. The Morgan fingerprint density at radius 2 is 1.82 bits per heavy atom. The first-order chi connectivity index (χ1) is 13.2. The highest BCUT2D eigenvalue weighted by Crippen LogP contribution is 2.13. The first kappa shape index (κ1) is 21.4. The number of hydrogen-bond acceptors (Lipinski definition) is 6. The van der Waals surface area contributed by atoms with E-state index in [4.69, 9.17) is 4.42 Å². The third-order valence-electron chi connectivity index (χ3n) is 4.03. The van der Waals surface area contributed by atoms with Crippen molar-refractivity contribution < 1.29 is 22.4 Å². The molecule has 0 bridgehead atoms. The summed E-state index contributed by atoms with van der Waals surface area (Å²) in [7, 11) is -3.77. The predicted octanol–water partition coefficient (Wildman–Crippen LogP) is 0.241. The van der Waals surface area contributed by atoms with Crippen LogP contribution in [0.2, 0.25) is 0 Å². The van der Waals surface area contributed by atoms with Crippen molar-refractivity contribution in [1.82, 2.24) is 19.7 Å². The van der Waals surface area contributed by atoms with Gasteiger partial charge in [-0.3, -0.25) is 25.2 Å². The largest absolute Gasteiger partial charge is 0.469 e. The van der Waals surface area contributed by atoms with Crippen LogP contribution in [-0.4, -0.2) is 42.2 Å². The van der Waals surface area contributed by atoms with E-state index in [-0.39, 0.29) is 23.5 Å². The number of carbonyl (C=O) groups excluding carboxylic acids is 2. The molecule has 0 aromatic carbocycles. The molecule has 10 nitrogen and oxygen atoms in total. The average molecular weight is 410 g/mol. The molecule has 0 saturated heterocycles. The second kappa shape index (κ2) is 8.85. The van der Waals surface area contributed by atoms with Crippen LogP contribution in [0.5, 0.6) is 0 Å². The number of rotatable bonds is 7. The molecule has 2 amide bonds. The molecule has 0 radical (unpaired) electrons. The van der Waals surface area contributed by atoms with Gasteiger partial charge in [-0.25, -0.2) is 8.42 Å². The van der Waals surface area contributed by atoms with Gasteiger partial charge in [-0.1, -0.05) is 13.8 Å². The number of aromatic nitrogens is 1. The number of nitrogens with zero attached hydrogens (tertiary/aromatic N) is 2. The molecule has 11 heteroatoms. The monoisotopic (exact) mass is 410 g/mol. The predicted molar refractivity (Wildman–Crippen MR) is 99.9 cm³/mol. The molecule has 0 saturated carbocycles. The summed E-state index contributed by atoms with van der Waals surface area (Å²) in [4.78, 5) is 35.9. The van der Waals surface area contributed by atoms with Gasteiger partial charge in [0.05, 0.1) is 16.7 Å². The highest BCUT2D eigenvalue weighted by Gasteiger charge is 2.22. The lowest BCUT2D eigenvalue weighted by Gasteiger charge is -2.19. The Bertz CT molecular complexity index is 1020. The first-order valence-electron chi connectivity index (χ1n) is 8.54. The van der Waals surface area contributed by atoms with Crippen LogP contribution in [0.25, 0.3) is 0 Å². The summed E-state index contributed by atoms with van der Waals surface area (Å²) in [6.45, 7) is 5.09. The summed E-state index contributed by atoms with van der Waals surface area (Å²) < 4.78 is 32.3. The maximum atomic E-state index is 12.6. The highest BCUT2D eigenvalue weighted by molar-refractivity contribution is 7.89. The molecule has 152 valence electrons. The van der Waals surface area contributed by atoms with E-state index in [1.165, 1.54) is 22.7 Å². The minimum absolute atomic E-state index is 0.0957. The standard InChI is InChI=1S/C17H22N4O6S/c1-4-21(5-2)28(25,26)13-6-7-16(23)20(10-13)11-15(22)18-19-17(24)14-8-9-27-12(14)3/h6-10H,4-5,11H2,1-3H3,(H,18,22)(H,19,24). The zero-order chi connectivity index (χ0) is 20.9. The van der Waals surface area contributed by atoms with Gasteiger partial charge in [0, 0.05) is 25.4 Å². The molecular formula is C17H22N4O6S. The number of aryl methyl sites for hydroxylation is 1. The first-order valence-corrected chi connectivity index (χ1v) is 9.98. The van der Waals surface area contributed by atoms with E-state index >= 15 is 0 Å². The van der Waals surface area contributed by atoms with Crippen LogP contribution >= 0.6 is 0 Å². The third-order valence-corrected chi connectivity index (χ3v) is 6.07. The number of furan rings is 1. The van der Waals surface area contributed by atoms with Crippen molar-refractivity contribution in [1.29, 1.82) is 0 Å². The van der Waals surface area contributed by atoms with E-state index in [9.17, 15) is 22.8 Å². The molecule has 28 heavy (non-hydrogen) atoms. The smallest absolute Gasteiger partial charge is 0.273 e. The van der Waals surface area contributed by atoms with E-state index in [2.05, 4.69) is 10.9 Å². The number of pyridine rings is 1. The number of carbonyl (C=O) groups is 2. The summed E-state index contributed by atoms with van der Waals surface area (Å²) in [6.07, 6.45) is 2.45. The molecule has 2 aromatic rings. The SMILES string of the molecule is CCN(CC)S(=O)(=O)c1ccc(=O)n(CC(=O)NNC(=O)c2ccoc2C)c1. The van der Waals surface area contributed by atoms with Gasteiger partial charge in [0.15, 0.2) is 0 Å². The number of hydrogen-bond donors (Lipinski definition) is 2. The van der Waals surface area contributed by atoms with Crippen LogP contribution in [0, 0.1) is 6.92 Å². The second-order valence-electron chi connectivity index (χ2n) is 5.81. The summed E-state index contributed by atoms with van der Waals surface area (Å²) in [5.74, 6) is -0.893. The zero-order valence-corrected chi connectivity index (χ0v) is 16.6. The summed E-state index contributed by atoms with van der Waals surface area (Å²) in [6, 6.07) is 3.73. The molecule has 0 aliphatic heterocycles. The molecule has 2 aromatic heterocycles. The van der Waals surface area contributed by atoms with Crippen LogP contribution in [0.3, 0.4) is 0 Å². The Hall–Kier alpha value is -2.92. The van der Waals surface area contributed by atoms with E-state index in [1.807, 2.05) is 0 Å². The van der Waals surface area contributed by atoms with Gasteiger partial charge < -0.3 is 8.98 Å². The van der Waals surface area contributed by atoms with E-state index in [0.29, 0.717) is 5.76 Å². The number of sulfonamides is 1. The minimum atomic E-state index is -3.77. The fourth-order valence-corrected chi connectivity index (χ4v) is 3.99. The molecular weight excluding hydrogens is 388 g/mol. The molecule has 0 spiro atoms. The lowest BCUT2D eigenvalue weighted by Crippen LogP contribution is -2.44. The topological polar surface area (TPSA) is 131 Å². The Morgan fingerprint density at radius 1 is 1.14 bits per heavy atom. The Labute approximate surface area is 162 Å². The van der Waals surface area contributed by atoms with Crippen molar-refractivity contribution in [2.45, 2.75) is 32.2 Å². The average Bonchev–Trinajstić information content (AvgIpc) is 3.08. The van der Waals surface area contributed by atoms with Crippen molar-refractivity contribution in [3.63, 3.8) is 0 Å². The summed E-state index contributed by atoms with van der Waals surface area (Å²) >= 11 is 0. The lowest BCUT2D eigenvalue weighted by molar-refractivity contribution is -0.122. The zero-order valence-electron chi connectivity index (χ0n) is 15.8. The summed E-state index contributed by atoms with van der Waals surface area (Å²) in [5.41, 5.74) is 4.09. The summed E-state index contributed by atoms with van der Waals surface area (Å²) in [5, 5.41) is 0.